The third kappa shape index (κ3) is 13.2. The highest BCUT2D eigenvalue weighted by Crippen LogP contribution is 2.61. The lowest BCUT2D eigenvalue weighted by Crippen LogP contribution is -2.30. The van der Waals surface area contributed by atoms with Crippen molar-refractivity contribution >= 4 is 187 Å². The normalized spacial score (nSPS) is 13.9. The Bertz CT molecular complexity index is 5770. The van der Waals surface area contributed by atoms with Gasteiger partial charge in [-0.3, -0.25) is 29.0 Å². The first-order chi connectivity index (χ1) is 53.0. The van der Waals surface area contributed by atoms with E-state index in [1.807, 2.05) is 45.3 Å². The van der Waals surface area contributed by atoms with Gasteiger partial charge in [0.1, 0.15) is 9.75 Å². The topological polar surface area (TPSA) is 74.8 Å². The highest BCUT2D eigenvalue weighted by Gasteiger charge is 2.44. The first-order valence-electron chi connectivity index (χ1n) is 39.9. The fourth-order valence-corrected chi connectivity index (χ4v) is 28.0. The summed E-state index contributed by atoms with van der Waals surface area (Å²) >= 11 is 14.2. The lowest BCUT2D eigenvalue weighted by molar-refractivity contribution is 0.0638. The van der Waals surface area contributed by atoms with Crippen LogP contribution in [-0.2, 0) is 12.8 Å². The van der Waals surface area contributed by atoms with Gasteiger partial charge in [0.25, 0.3) is 23.6 Å². The van der Waals surface area contributed by atoms with Gasteiger partial charge in [-0.2, -0.15) is 0 Å². The van der Waals surface area contributed by atoms with Crippen molar-refractivity contribution in [3.05, 3.63) is 176 Å². The summed E-state index contributed by atoms with van der Waals surface area (Å²) < 4.78 is 4.45. The molecule has 2 aliphatic heterocycles. The van der Waals surface area contributed by atoms with Crippen LogP contribution in [0.1, 0.15) is 220 Å². The van der Waals surface area contributed by atoms with Crippen molar-refractivity contribution in [3.8, 4) is 72.4 Å². The first-order valence-corrected chi connectivity index (χ1v) is 46.5. The number of nitrogens with zero attached hydrogens (tertiary/aromatic N) is 2. The van der Waals surface area contributed by atoms with Crippen molar-refractivity contribution in [1.29, 1.82) is 0 Å². The number of carbonyl (C=O) groups is 4. The van der Waals surface area contributed by atoms with Gasteiger partial charge in [-0.05, 0) is 123 Å². The van der Waals surface area contributed by atoms with Crippen LogP contribution in [0.3, 0.4) is 0 Å². The molecule has 0 saturated carbocycles. The lowest BCUT2D eigenvalue weighted by atomic mass is 9.88. The van der Waals surface area contributed by atoms with Crippen molar-refractivity contribution in [3.63, 3.8) is 0 Å². The quantitative estimate of drug-likeness (QED) is 0.0233. The van der Waals surface area contributed by atoms with Gasteiger partial charge in [0.05, 0.1) is 35.2 Å². The number of unbranched alkanes of at least 4 members (excludes halogenated alkanes) is 12. The number of imide groups is 2. The molecule has 10 heterocycles. The molecule has 0 fully saturated rings. The van der Waals surface area contributed by atoms with E-state index < -0.39 is 0 Å². The van der Waals surface area contributed by atoms with Crippen LogP contribution in [0.5, 0.6) is 0 Å². The molecule has 8 aromatic heterocycles. The lowest BCUT2D eigenvalue weighted by Gasteiger charge is -2.16. The van der Waals surface area contributed by atoms with Crippen molar-refractivity contribution in [2.45, 2.75) is 183 Å². The molecule has 0 radical (unpaired) electrons. The maximum Gasteiger partial charge on any atom is 0.271 e. The molecule has 14 heteroatoms. The Morgan fingerprint density at radius 2 is 0.741 bits per heavy atom. The van der Waals surface area contributed by atoms with E-state index in [4.69, 9.17) is 0 Å². The number of amides is 4. The van der Waals surface area contributed by atoms with Crippen molar-refractivity contribution in [2.24, 2.45) is 11.8 Å². The molecule has 2 unspecified atom stereocenters. The smallest absolute Gasteiger partial charge is 0.271 e. The summed E-state index contributed by atoms with van der Waals surface area (Å²) in [6.45, 7) is 14.6. The van der Waals surface area contributed by atoms with Crippen LogP contribution < -0.4 is 0 Å². The number of hydrogen-bond acceptors (Lipinski definition) is 12. The van der Waals surface area contributed by atoms with Gasteiger partial charge in [-0.15, -0.1) is 90.7 Å². The van der Waals surface area contributed by atoms with E-state index in [0.29, 0.717) is 45.8 Å². The zero-order valence-corrected chi connectivity index (χ0v) is 69.3. The van der Waals surface area contributed by atoms with Crippen molar-refractivity contribution in [1.82, 2.24) is 9.80 Å². The molecular weight excluding hydrogens is 1480 g/mol. The minimum absolute atomic E-state index is 0.156. The van der Waals surface area contributed by atoms with Crippen LogP contribution in [0.25, 0.3) is 145 Å². The summed E-state index contributed by atoms with van der Waals surface area (Å²) in [6, 6.07) is 54.2. The summed E-state index contributed by atoms with van der Waals surface area (Å²) in [4.78, 5) is 76.6. The monoisotopic (exact) mass is 1570 g/mol. The number of fused-ring (bicyclic) bond motifs is 8. The molecule has 2 aliphatic rings. The molecule has 0 N–H and O–H groups in total. The molecule has 108 heavy (non-hydrogen) atoms. The maximum absolute atomic E-state index is 15.6. The predicted octanol–water partition coefficient (Wildman–Crippen LogP) is 30.8. The SMILES string of the molecule is CCCCCCCCN1C(=O)c2sc3c(-c4cc5c(-c6ccc(CC(CC)CCCC)s6)c6sc(-c7sc(-c8ccc9ccc%10c(-c%11ccccc%11)ccc%11ccc8c9c%11%10)c8sc9c(c78)C(=O)N(CCCCCCCC)C9=O)cc6c(-c6ccc(CC(CC)CCCC)s6)c5s4)sc(-c4ccccc4)c3c2C1=O. The number of rotatable bonds is 33. The molecular formula is C94H92N2O4S8. The van der Waals surface area contributed by atoms with E-state index in [-0.39, 0.29) is 23.6 Å². The number of hydrogen-bond donors (Lipinski definition) is 0. The molecule has 0 saturated heterocycles. The second-order valence-electron chi connectivity index (χ2n) is 30.2. The third-order valence-corrected chi connectivity index (χ3v) is 33.2. The van der Waals surface area contributed by atoms with Gasteiger partial charge >= 0.3 is 0 Å². The minimum Gasteiger partial charge on any atom is -0.274 e. The fourth-order valence-electron chi connectivity index (χ4n) is 17.3. The van der Waals surface area contributed by atoms with Crippen molar-refractivity contribution < 1.29 is 19.2 Å². The van der Waals surface area contributed by atoms with Crippen LogP contribution in [-0.4, -0.2) is 46.5 Å². The van der Waals surface area contributed by atoms with Crippen LogP contribution in [0, 0.1) is 11.8 Å². The summed E-state index contributed by atoms with van der Waals surface area (Å²) in [5.74, 6) is 0.540. The Kier molecular flexibility index (Phi) is 21.5. The zero-order valence-electron chi connectivity index (χ0n) is 62.8. The van der Waals surface area contributed by atoms with Gasteiger partial charge in [-0.25, -0.2) is 0 Å². The zero-order chi connectivity index (χ0) is 73.8. The van der Waals surface area contributed by atoms with E-state index in [9.17, 15) is 4.79 Å². The number of carbonyl (C=O) groups excluding carboxylic acids is 4. The van der Waals surface area contributed by atoms with E-state index in [2.05, 4.69) is 187 Å². The third-order valence-electron chi connectivity index (χ3n) is 23.2. The number of benzene rings is 7. The molecule has 0 spiro atoms. The average molecular weight is 1570 g/mol. The van der Waals surface area contributed by atoms with Gasteiger partial charge in [0, 0.05) is 94.9 Å². The second kappa shape index (κ2) is 31.7. The van der Waals surface area contributed by atoms with Crippen molar-refractivity contribution in [2.75, 3.05) is 13.1 Å². The van der Waals surface area contributed by atoms with Crippen LogP contribution in [0.4, 0.5) is 0 Å². The largest absolute Gasteiger partial charge is 0.274 e. The molecule has 7 aromatic carbocycles. The first kappa shape index (κ1) is 73.3. The number of thiophene rings is 8. The molecule has 0 aliphatic carbocycles. The van der Waals surface area contributed by atoms with Gasteiger partial charge < -0.3 is 0 Å². The fraction of sp³-hybridized carbons (Fsp3) is 0.340. The van der Waals surface area contributed by atoms with E-state index in [1.165, 1.54) is 176 Å². The highest BCUT2D eigenvalue weighted by molar-refractivity contribution is 7.35. The maximum atomic E-state index is 15.6. The van der Waals surface area contributed by atoms with E-state index >= 15 is 14.4 Å². The van der Waals surface area contributed by atoms with E-state index in [1.54, 1.807) is 32.5 Å². The highest BCUT2D eigenvalue weighted by atomic mass is 32.1. The van der Waals surface area contributed by atoms with Gasteiger partial charge in [0.15, 0.2) is 0 Å². The molecule has 6 nitrogen and oxygen atoms in total. The van der Waals surface area contributed by atoms with Crippen LogP contribution >= 0.6 is 90.7 Å². The molecule has 4 amide bonds. The Hall–Kier alpha value is -7.50. The standard InChI is InChI=1S/C94H92N2O4S8/c1-7-13-17-19-21-29-49-95-91(97)79-77-81(60-35-27-24-28-36-60)105-86(88(77)108-89(79)93(95)99)72-54-68-76(70-48-42-62(102-70)52-56(12-6)32-16-10-4)82-67(75(83(68)104-72)69-47-41-61(101-69)51-55(11-5)31-15-9-3)53-71(103-82)85-78-80-90(94(100)96(92(80)98)50-30-22-20-18-14-8-2)107-87(78)84(106-85)66-46-40-59-38-44-64-63(57-33-25-23-26-34-57)43-37-58-39-45-65(66)74(59)73(58)64/h23-28,33-48,53-56H,7-22,29-32,49-52H2,1-6H3. The van der Waals surface area contributed by atoms with Gasteiger partial charge in [0.2, 0.25) is 0 Å². The second-order valence-corrected chi connectivity index (χ2v) is 38.7. The Morgan fingerprint density at radius 3 is 1.25 bits per heavy atom. The van der Waals surface area contributed by atoms with Crippen LogP contribution in [0.2, 0.25) is 0 Å². The average Bonchev–Trinajstić information content (AvgIpc) is 1.53. The van der Waals surface area contributed by atoms with E-state index in [0.717, 1.165) is 143 Å². The molecule has 15 aromatic rings. The molecule has 0 bridgehead atoms. The summed E-state index contributed by atoms with van der Waals surface area (Å²) in [6.07, 6.45) is 24.5. The minimum atomic E-state index is -0.168. The summed E-state index contributed by atoms with van der Waals surface area (Å²) in [5, 5.41) is 11.5. The summed E-state index contributed by atoms with van der Waals surface area (Å²) in [7, 11) is 0. The Labute approximate surface area is 666 Å². The molecule has 2 atom stereocenters. The van der Waals surface area contributed by atoms with Crippen LogP contribution in [0.15, 0.2) is 146 Å². The molecule has 17 rings (SSSR count). The summed E-state index contributed by atoms with van der Waals surface area (Å²) in [5.41, 5.74) is 8.15. The molecule has 550 valence electrons. The Morgan fingerprint density at radius 1 is 0.306 bits per heavy atom. The predicted molar refractivity (Wildman–Crippen MR) is 473 cm³/mol. The Balaban J connectivity index is 0.897. The van der Waals surface area contributed by atoms with Gasteiger partial charge in [-0.1, -0.05) is 266 Å².